The monoisotopic (exact) mass is 401 g/mol. The highest BCUT2D eigenvalue weighted by Crippen LogP contribution is 2.29. The topological polar surface area (TPSA) is 55.1 Å². The molecule has 1 aromatic carbocycles. The molecule has 0 bridgehead atoms. The van der Waals surface area contributed by atoms with E-state index in [-0.39, 0.29) is 0 Å². The van der Waals surface area contributed by atoms with Crippen molar-refractivity contribution in [2.24, 2.45) is 0 Å². The number of fused-ring (bicyclic) bond motifs is 1. The zero-order chi connectivity index (χ0) is 13.4. The zero-order valence-corrected chi connectivity index (χ0v) is 13.2. The Kier molecular flexibility index (Phi) is 3.42. The Labute approximate surface area is 130 Å². The molecule has 96 valence electrons. The Balaban J connectivity index is 2.10. The molecule has 0 atom stereocenters. The standard InChI is InChI=1S/C11H6Br2ClN5/c12-6-1-2-7(13)8(3-6)17-10-4-9(14)18-11-15-5-16-19(10)11/h1-5,17H. The van der Waals surface area contributed by atoms with Gasteiger partial charge in [0.25, 0.3) is 5.78 Å². The number of aromatic nitrogens is 4. The van der Waals surface area contributed by atoms with Gasteiger partial charge in [-0.05, 0) is 34.1 Å². The van der Waals surface area contributed by atoms with Crippen LogP contribution in [0, 0.1) is 0 Å². The molecule has 3 rings (SSSR count). The van der Waals surface area contributed by atoms with E-state index >= 15 is 0 Å². The van der Waals surface area contributed by atoms with Crippen molar-refractivity contribution < 1.29 is 0 Å². The van der Waals surface area contributed by atoms with Crippen molar-refractivity contribution in [3.05, 3.63) is 44.7 Å². The lowest BCUT2D eigenvalue weighted by Crippen LogP contribution is -2.02. The predicted molar refractivity (Wildman–Crippen MR) is 80.9 cm³/mol. The molecule has 0 saturated heterocycles. The number of anilines is 2. The van der Waals surface area contributed by atoms with Crippen LogP contribution in [-0.4, -0.2) is 19.6 Å². The molecule has 0 radical (unpaired) electrons. The predicted octanol–water partition coefficient (Wildman–Crippen LogP) is 4.05. The van der Waals surface area contributed by atoms with Gasteiger partial charge in [-0.15, -0.1) is 0 Å². The van der Waals surface area contributed by atoms with Crippen LogP contribution >= 0.6 is 43.5 Å². The van der Waals surface area contributed by atoms with Crippen LogP contribution in [0.25, 0.3) is 5.78 Å². The maximum absolute atomic E-state index is 5.96. The Bertz CT molecular complexity index is 758. The summed E-state index contributed by atoms with van der Waals surface area (Å²) in [5.74, 6) is 1.13. The summed E-state index contributed by atoms with van der Waals surface area (Å²) < 4.78 is 3.48. The molecule has 5 nitrogen and oxygen atoms in total. The minimum absolute atomic E-state index is 0.356. The van der Waals surface area contributed by atoms with E-state index < -0.39 is 0 Å². The van der Waals surface area contributed by atoms with Crippen molar-refractivity contribution >= 4 is 60.7 Å². The van der Waals surface area contributed by atoms with Gasteiger partial charge >= 0.3 is 0 Å². The number of halogens is 3. The SMILES string of the molecule is Clc1cc(Nc2cc(Br)ccc2Br)n2ncnc2n1. The number of rotatable bonds is 2. The first kappa shape index (κ1) is 12.8. The van der Waals surface area contributed by atoms with Crippen LogP contribution in [-0.2, 0) is 0 Å². The Morgan fingerprint density at radius 3 is 2.89 bits per heavy atom. The van der Waals surface area contributed by atoms with Gasteiger partial charge in [0, 0.05) is 15.0 Å². The van der Waals surface area contributed by atoms with Gasteiger partial charge in [-0.3, -0.25) is 0 Å². The van der Waals surface area contributed by atoms with E-state index in [2.05, 4.69) is 52.2 Å². The minimum Gasteiger partial charge on any atom is -0.339 e. The summed E-state index contributed by atoms with van der Waals surface area (Å²) >= 11 is 12.9. The largest absolute Gasteiger partial charge is 0.339 e. The zero-order valence-electron chi connectivity index (χ0n) is 9.31. The van der Waals surface area contributed by atoms with Gasteiger partial charge in [-0.1, -0.05) is 27.5 Å². The highest BCUT2D eigenvalue weighted by molar-refractivity contribution is 9.11. The first-order valence-corrected chi connectivity index (χ1v) is 7.18. The van der Waals surface area contributed by atoms with E-state index in [0.717, 1.165) is 14.6 Å². The first-order valence-electron chi connectivity index (χ1n) is 5.22. The Morgan fingerprint density at radius 2 is 2.05 bits per heavy atom. The molecular formula is C11H6Br2ClN5. The average Bonchev–Trinajstić information content (AvgIpc) is 2.82. The number of nitrogens with one attached hydrogen (secondary N) is 1. The van der Waals surface area contributed by atoms with E-state index in [9.17, 15) is 0 Å². The van der Waals surface area contributed by atoms with E-state index in [4.69, 9.17) is 11.6 Å². The summed E-state index contributed by atoms with van der Waals surface area (Å²) in [4.78, 5) is 8.09. The molecule has 3 aromatic rings. The summed E-state index contributed by atoms with van der Waals surface area (Å²) in [7, 11) is 0. The Morgan fingerprint density at radius 1 is 1.21 bits per heavy atom. The molecule has 0 amide bonds. The summed E-state index contributed by atoms with van der Waals surface area (Å²) in [6.07, 6.45) is 1.43. The van der Waals surface area contributed by atoms with Crippen LogP contribution < -0.4 is 5.32 Å². The van der Waals surface area contributed by atoms with E-state index in [1.165, 1.54) is 6.33 Å². The molecule has 0 aliphatic carbocycles. The molecule has 2 heterocycles. The smallest absolute Gasteiger partial charge is 0.255 e. The molecular weight excluding hydrogens is 397 g/mol. The van der Waals surface area contributed by atoms with Crippen molar-refractivity contribution in [1.82, 2.24) is 19.6 Å². The third-order valence-corrected chi connectivity index (χ3v) is 3.79. The molecule has 0 aliphatic rings. The van der Waals surface area contributed by atoms with E-state index in [1.807, 2.05) is 18.2 Å². The number of benzene rings is 1. The van der Waals surface area contributed by atoms with Crippen LogP contribution in [0.3, 0.4) is 0 Å². The second-order valence-electron chi connectivity index (χ2n) is 3.69. The third kappa shape index (κ3) is 2.58. The van der Waals surface area contributed by atoms with Gasteiger partial charge < -0.3 is 5.32 Å². The van der Waals surface area contributed by atoms with Crippen molar-refractivity contribution in [2.45, 2.75) is 0 Å². The molecule has 0 unspecified atom stereocenters. The fourth-order valence-corrected chi connectivity index (χ4v) is 2.49. The minimum atomic E-state index is 0.356. The van der Waals surface area contributed by atoms with Crippen molar-refractivity contribution in [2.75, 3.05) is 5.32 Å². The molecule has 1 N–H and O–H groups in total. The lowest BCUT2D eigenvalue weighted by Gasteiger charge is -2.10. The highest BCUT2D eigenvalue weighted by atomic mass is 79.9. The van der Waals surface area contributed by atoms with Gasteiger partial charge in [0.05, 0.1) is 5.69 Å². The van der Waals surface area contributed by atoms with Crippen LogP contribution in [0.1, 0.15) is 0 Å². The van der Waals surface area contributed by atoms with Crippen LogP contribution in [0.15, 0.2) is 39.5 Å². The van der Waals surface area contributed by atoms with Crippen LogP contribution in [0.4, 0.5) is 11.5 Å². The molecule has 2 aromatic heterocycles. The lowest BCUT2D eigenvalue weighted by atomic mass is 10.3. The van der Waals surface area contributed by atoms with E-state index in [0.29, 0.717) is 16.7 Å². The van der Waals surface area contributed by atoms with Gasteiger partial charge in [-0.25, -0.2) is 0 Å². The Hall–Kier alpha value is -1.18. The summed E-state index contributed by atoms with van der Waals surface area (Å²) in [6, 6.07) is 7.52. The fourth-order valence-electron chi connectivity index (χ4n) is 1.60. The van der Waals surface area contributed by atoms with Crippen molar-refractivity contribution in [1.29, 1.82) is 0 Å². The van der Waals surface area contributed by atoms with Gasteiger partial charge in [0.1, 0.15) is 17.3 Å². The van der Waals surface area contributed by atoms with Crippen LogP contribution in [0.2, 0.25) is 5.15 Å². The quantitative estimate of drug-likeness (QED) is 0.656. The average molecular weight is 403 g/mol. The number of hydrogen-bond acceptors (Lipinski definition) is 4. The van der Waals surface area contributed by atoms with Crippen molar-refractivity contribution in [3.8, 4) is 0 Å². The second kappa shape index (κ2) is 5.07. The summed E-state index contributed by atoms with van der Waals surface area (Å²) in [6.45, 7) is 0. The molecule has 0 spiro atoms. The molecule has 19 heavy (non-hydrogen) atoms. The van der Waals surface area contributed by atoms with Crippen LogP contribution in [0.5, 0.6) is 0 Å². The fraction of sp³-hybridized carbons (Fsp3) is 0. The third-order valence-electron chi connectivity index (χ3n) is 2.41. The van der Waals surface area contributed by atoms with Gasteiger partial charge in [0.2, 0.25) is 0 Å². The lowest BCUT2D eigenvalue weighted by molar-refractivity contribution is 0.947. The number of nitrogens with zero attached hydrogens (tertiary/aromatic N) is 4. The first-order chi connectivity index (χ1) is 9.13. The molecule has 0 fully saturated rings. The second-order valence-corrected chi connectivity index (χ2v) is 5.84. The van der Waals surface area contributed by atoms with E-state index in [1.54, 1.807) is 10.6 Å². The highest BCUT2D eigenvalue weighted by Gasteiger charge is 2.08. The van der Waals surface area contributed by atoms with Gasteiger partial charge in [0.15, 0.2) is 0 Å². The molecule has 8 heteroatoms. The summed E-state index contributed by atoms with van der Waals surface area (Å²) in [5.41, 5.74) is 0.883. The maximum Gasteiger partial charge on any atom is 0.255 e. The number of hydrogen-bond donors (Lipinski definition) is 1. The van der Waals surface area contributed by atoms with Gasteiger partial charge in [-0.2, -0.15) is 19.6 Å². The molecule has 0 saturated carbocycles. The van der Waals surface area contributed by atoms with Crippen molar-refractivity contribution in [3.63, 3.8) is 0 Å². The summed E-state index contributed by atoms with van der Waals surface area (Å²) in [5, 5.41) is 7.70. The normalized spacial score (nSPS) is 10.9. The maximum atomic E-state index is 5.96. The molecule has 0 aliphatic heterocycles.